The predicted molar refractivity (Wildman–Crippen MR) is 98.3 cm³/mol. The molecule has 1 N–H and O–H groups in total. The Morgan fingerprint density at radius 2 is 2.20 bits per heavy atom. The molecule has 0 spiro atoms. The van der Waals surface area contributed by atoms with E-state index in [0.29, 0.717) is 6.04 Å². The molecule has 1 aliphatic rings. The fourth-order valence-electron chi connectivity index (χ4n) is 2.50. The maximum Gasteiger partial charge on any atom is 0.193 e. The molecule has 0 bridgehead atoms. The van der Waals surface area contributed by atoms with E-state index in [1.807, 2.05) is 0 Å². The highest BCUT2D eigenvalue weighted by Crippen LogP contribution is 2.22. The largest absolute Gasteiger partial charge is 0.354 e. The van der Waals surface area contributed by atoms with E-state index in [1.165, 1.54) is 5.56 Å². The maximum absolute atomic E-state index is 4.50. The number of hydrogen-bond donors (Lipinski definition) is 1. The number of halogens is 1. The predicted octanol–water partition coefficient (Wildman–Crippen LogP) is 2.64. The summed E-state index contributed by atoms with van der Waals surface area (Å²) in [6.07, 6.45) is 0. The van der Waals surface area contributed by atoms with Gasteiger partial charge in [0.25, 0.3) is 0 Å². The van der Waals surface area contributed by atoms with Gasteiger partial charge in [0.2, 0.25) is 0 Å². The Kier molecular flexibility index (Phi) is 7.83. The molecule has 4 nitrogen and oxygen atoms in total. The maximum atomic E-state index is 4.50. The van der Waals surface area contributed by atoms with Gasteiger partial charge >= 0.3 is 0 Å². The third-order valence-electron chi connectivity index (χ3n) is 3.69. The molecule has 1 aromatic rings. The number of likely N-dealkylation sites (N-methyl/N-ethyl adjacent to an activating group) is 2. The second-order valence-corrected chi connectivity index (χ2v) is 5.58. The van der Waals surface area contributed by atoms with Crippen LogP contribution in [0.25, 0.3) is 0 Å². The molecule has 0 radical (unpaired) electrons. The summed E-state index contributed by atoms with van der Waals surface area (Å²) in [6, 6.07) is 2.66. The van der Waals surface area contributed by atoms with Crippen LogP contribution in [0.15, 0.2) is 21.8 Å². The van der Waals surface area contributed by atoms with E-state index in [1.54, 1.807) is 11.3 Å². The van der Waals surface area contributed by atoms with Crippen LogP contribution < -0.4 is 5.32 Å². The first-order valence-corrected chi connectivity index (χ1v) is 7.96. The molecule has 1 unspecified atom stereocenters. The van der Waals surface area contributed by atoms with Crippen molar-refractivity contribution in [3.05, 3.63) is 22.4 Å². The highest BCUT2D eigenvalue weighted by atomic mass is 127. The molecule has 2 heterocycles. The van der Waals surface area contributed by atoms with Gasteiger partial charge in [-0.25, -0.2) is 0 Å². The van der Waals surface area contributed by atoms with Crippen molar-refractivity contribution in [1.29, 1.82) is 0 Å². The summed E-state index contributed by atoms with van der Waals surface area (Å²) in [5.41, 5.74) is 1.41. The van der Waals surface area contributed by atoms with E-state index in [9.17, 15) is 0 Å². The molecule has 1 atom stereocenters. The summed E-state index contributed by atoms with van der Waals surface area (Å²) in [4.78, 5) is 9.17. The SMILES string of the molecule is CCN(CC)C(CNC1=NCCN1C)c1ccsc1.I. The molecule has 0 aromatic carbocycles. The molecule has 2 rings (SSSR count). The van der Waals surface area contributed by atoms with Crippen molar-refractivity contribution in [3.8, 4) is 0 Å². The third-order valence-corrected chi connectivity index (χ3v) is 4.39. The average Bonchev–Trinajstić information content (AvgIpc) is 3.06. The lowest BCUT2D eigenvalue weighted by molar-refractivity contribution is 0.218. The van der Waals surface area contributed by atoms with Gasteiger partial charge in [0.15, 0.2) is 5.96 Å². The zero-order chi connectivity index (χ0) is 13.7. The minimum atomic E-state index is 0. The molecule has 1 aliphatic heterocycles. The Balaban J connectivity index is 0.00000200. The average molecular weight is 408 g/mol. The van der Waals surface area contributed by atoms with Crippen molar-refractivity contribution in [1.82, 2.24) is 15.1 Å². The number of nitrogens with one attached hydrogen (secondary N) is 1. The number of nitrogens with zero attached hydrogens (tertiary/aromatic N) is 3. The van der Waals surface area contributed by atoms with Crippen molar-refractivity contribution in [2.45, 2.75) is 19.9 Å². The van der Waals surface area contributed by atoms with Gasteiger partial charge in [-0.2, -0.15) is 11.3 Å². The summed E-state index contributed by atoms with van der Waals surface area (Å²) in [7, 11) is 2.09. The van der Waals surface area contributed by atoms with Gasteiger partial charge in [0, 0.05) is 20.1 Å². The lowest BCUT2D eigenvalue weighted by Gasteiger charge is -2.30. The van der Waals surface area contributed by atoms with Crippen molar-refractivity contribution in [3.63, 3.8) is 0 Å². The summed E-state index contributed by atoms with van der Waals surface area (Å²) in [6.45, 7) is 9.44. The van der Waals surface area contributed by atoms with E-state index >= 15 is 0 Å². The molecule has 20 heavy (non-hydrogen) atoms. The minimum Gasteiger partial charge on any atom is -0.354 e. The molecular weight excluding hydrogens is 383 g/mol. The highest BCUT2D eigenvalue weighted by Gasteiger charge is 2.20. The second kappa shape index (κ2) is 8.84. The van der Waals surface area contributed by atoms with Gasteiger partial charge < -0.3 is 10.2 Å². The van der Waals surface area contributed by atoms with Gasteiger partial charge in [0.1, 0.15) is 0 Å². The van der Waals surface area contributed by atoms with Crippen LogP contribution in [-0.4, -0.2) is 55.5 Å². The topological polar surface area (TPSA) is 30.9 Å². The molecule has 6 heteroatoms. The van der Waals surface area contributed by atoms with Gasteiger partial charge in [-0.15, -0.1) is 24.0 Å². The van der Waals surface area contributed by atoms with Crippen LogP contribution in [0.4, 0.5) is 0 Å². The molecule has 114 valence electrons. The van der Waals surface area contributed by atoms with E-state index in [4.69, 9.17) is 0 Å². The molecule has 0 saturated heterocycles. The van der Waals surface area contributed by atoms with Gasteiger partial charge in [-0.05, 0) is 35.5 Å². The first-order valence-electron chi connectivity index (χ1n) is 7.01. The lowest BCUT2D eigenvalue weighted by Crippen LogP contribution is -2.42. The molecule has 0 aliphatic carbocycles. The van der Waals surface area contributed by atoms with E-state index < -0.39 is 0 Å². The standard InChI is InChI=1S/C14H24N4S.HI/c1-4-18(5-2)13(12-6-9-19-11-12)10-16-14-15-7-8-17(14)3;/h6,9,11,13H,4-5,7-8,10H2,1-3H3,(H,15,16);1H. The first-order chi connectivity index (χ1) is 9.26. The summed E-state index contributed by atoms with van der Waals surface area (Å²) >= 11 is 1.77. The van der Waals surface area contributed by atoms with E-state index in [0.717, 1.165) is 38.7 Å². The monoisotopic (exact) mass is 408 g/mol. The van der Waals surface area contributed by atoms with E-state index in [2.05, 4.69) is 57.8 Å². The van der Waals surface area contributed by atoms with Crippen molar-refractivity contribution in [2.75, 3.05) is 39.8 Å². The van der Waals surface area contributed by atoms with Crippen LogP contribution in [0.3, 0.4) is 0 Å². The van der Waals surface area contributed by atoms with Crippen molar-refractivity contribution in [2.24, 2.45) is 4.99 Å². The van der Waals surface area contributed by atoms with Gasteiger partial charge in [0.05, 0.1) is 12.6 Å². The highest BCUT2D eigenvalue weighted by molar-refractivity contribution is 14.0. The second-order valence-electron chi connectivity index (χ2n) is 4.80. The number of aliphatic imine (C=N–C) groups is 1. The molecule has 0 fully saturated rings. The Hall–Kier alpha value is -0.340. The normalized spacial score (nSPS) is 16.0. The number of thiophene rings is 1. The van der Waals surface area contributed by atoms with Gasteiger partial charge in [-0.3, -0.25) is 9.89 Å². The fraction of sp³-hybridized carbons (Fsp3) is 0.643. The third kappa shape index (κ3) is 4.33. The zero-order valence-electron chi connectivity index (χ0n) is 12.5. The number of rotatable bonds is 6. The summed E-state index contributed by atoms with van der Waals surface area (Å²) in [5.74, 6) is 1.03. The zero-order valence-corrected chi connectivity index (χ0v) is 15.6. The van der Waals surface area contributed by atoms with Crippen molar-refractivity contribution < 1.29 is 0 Å². The van der Waals surface area contributed by atoms with Crippen molar-refractivity contribution >= 4 is 41.3 Å². The Morgan fingerprint density at radius 1 is 1.45 bits per heavy atom. The Morgan fingerprint density at radius 3 is 2.70 bits per heavy atom. The van der Waals surface area contributed by atoms with Crippen LogP contribution in [0.1, 0.15) is 25.5 Å². The van der Waals surface area contributed by atoms with Crippen LogP contribution in [0.5, 0.6) is 0 Å². The fourth-order valence-corrected chi connectivity index (χ4v) is 3.21. The van der Waals surface area contributed by atoms with Gasteiger partial charge in [-0.1, -0.05) is 13.8 Å². The Bertz CT molecular complexity index is 403. The van der Waals surface area contributed by atoms with Crippen LogP contribution >= 0.6 is 35.3 Å². The summed E-state index contributed by atoms with van der Waals surface area (Å²) in [5, 5.41) is 7.92. The van der Waals surface area contributed by atoms with Crippen LogP contribution in [-0.2, 0) is 0 Å². The van der Waals surface area contributed by atoms with Crippen LogP contribution in [0, 0.1) is 0 Å². The van der Waals surface area contributed by atoms with Crippen LogP contribution in [0.2, 0.25) is 0 Å². The smallest absolute Gasteiger partial charge is 0.193 e. The molecular formula is C14H25IN4S. The Labute approximate surface area is 143 Å². The molecule has 0 amide bonds. The molecule has 1 aromatic heterocycles. The lowest BCUT2D eigenvalue weighted by atomic mass is 10.1. The number of guanidine groups is 1. The minimum absolute atomic E-state index is 0. The quantitative estimate of drug-likeness (QED) is 0.735. The van der Waals surface area contributed by atoms with E-state index in [-0.39, 0.29) is 24.0 Å². The number of hydrogen-bond acceptors (Lipinski definition) is 5. The first kappa shape index (κ1) is 17.7. The molecule has 0 saturated carbocycles. The summed E-state index contributed by atoms with van der Waals surface area (Å²) < 4.78 is 0.